The second-order valence-corrected chi connectivity index (χ2v) is 4.87. The Labute approximate surface area is 121 Å². The summed E-state index contributed by atoms with van der Waals surface area (Å²) < 4.78 is 13.2. The lowest BCUT2D eigenvalue weighted by molar-refractivity contribution is 0.0979. The van der Waals surface area contributed by atoms with Crippen molar-refractivity contribution in [3.05, 3.63) is 70.0 Å². The van der Waals surface area contributed by atoms with Crippen LogP contribution in [0.25, 0.3) is 0 Å². The highest BCUT2D eigenvalue weighted by molar-refractivity contribution is 6.34. The molecular formula is C16H11ClFNO. The molecule has 0 radical (unpaired) electrons. The van der Waals surface area contributed by atoms with Crippen molar-refractivity contribution in [2.24, 2.45) is 0 Å². The quantitative estimate of drug-likeness (QED) is 0.791. The van der Waals surface area contributed by atoms with Crippen molar-refractivity contribution in [2.75, 3.05) is 0 Å². The van der Waals surface area contributed by atoms with Gasteiger partial charge in [-0.1, -0.05) is 29.8 Å². The summed E-state index contributed by atoms with van der Waals surface area (Å²) >= 11 is 6.04. The summed E-state index contributed by atoms with van der Waals surface area (Å²) in [5, 5.41) is 9.51. The van der Waals surface area contributed by atoms with E-state index in [4.69, 9.17) is 11.6 Å². The average Bonchev–Trinajstić information content (AvgIpc) is 2.39. The predicted octanol–water partition coefficient (Wildman–Crippen LogP) is 4.28. The second-order valence-electron chi connectivity index (χ2n) is 4.46. The van der Waals surface area contributed by atoms with Crippen molar-refractivity contribution in [3.8, 4) is 6.07 Å². The van der Waals surface area contributed by atoms with Gasteiger partial charge in [-0.05, 0) is 42.3 Å². The van der Waals surface area contributed by atoms with Gasteiger partial charge >= 0.3 is 0 Å². The highest BCUT2D eigenvalue weighted by Gasteiger charge is 2.24. The first-order chi connectivity index (χ1) is 9.52. The van der Waals surface area contributed by atoms with E-state index in [1.165, 1.54) is 18.2 Å². The van der Waals surface area contributed by atoms with E-state index in [1.54, 1.807) is 24.3 Å². The first-order valence-electron chi connectivity index (χ1n) is 5.98. The largest absolute Gasteiger partial charge is 0.292 e. The van der Waals surface area contributed by atoms with E-state index in [2.05, 4.69) is 0 Å². The number of rotatable bonds is 3. The van der Waals surface area contributed by atoms with Gasteiger partial charge in [0.25, 0.3) is 0 Å². The van der Waals surface area contributed by atoms with Gasteiger partial charge in [0, 0.05) is 5.56 Å². The van der Waals surface area contributed by atoms with Crippen molar-refractivity contribution >= 4 is 17.4 Å². The molecule has 4 heteroatoms. The van der Waals surface area contributed by atoms with Gasteiger partial charge < -0.3 is 0 Å². The number of halogens is 2. The molecule has 0 N–H and O–H groups in total. The number of Topliss-reactive ketones (excluding diaryl/α,β-unsaturated/α-hetero) is 1. The van der Waals surface area contributed by atoms with E-state index < -0.39 is 17.5 Å². The first-order valence-corrected chi connectivity index (χ1v) is 6.36. The first kappa shape index (κ1) is 14.2. The van der Waals surface area contributed by atoms with Gasteiger partial charge in [0.1, 0.15) is 11.7 Å². The number of carbonyl (C=O) groups excluding carboxylic acids is 1. The van der Waals surface area contributed by atoms with Crippen LogP contribution in [-0.4, -0.2) is 5.78 Å². The van der Waals surface area contributed by atoms with Crippen LogP contribution in [0.5, 0.6) is 0 Å². The van der Waals surface area contributed by atoms with Gasteiger partial charge in [-0.2, -0.15) is 5.26 Å². The molecule has 0 amide bonds. The normalized spacial score (nSPS) is 11.7. The zero-order chi connectivity index (χ0) is 14.7. The molecule has 100 valence electrons. The molecule has 2 aromatic carbocycles. The molecule has 2 rings (SSSR count). The molecule has 0 aromatic heterocycles. The number of hydrogen-bond donors (Lipinski definition) is 0. The smallest absolute Gasteiger partial charge is 0.185 e. The summed E-state index contributed by atoms with van der Waals surface area (Å²) in [6.07, 6.45) is 0. The summed E-state index contributed by atoms with van der Waals surface area (Å²) in [6.45, 7) is 1.86. The van der Waals surface area contributed by atoms with Crippen molar-refractivity contribution in [2.45, 2.75) is 12.8 Å². The van der Waals surface area contributed by atoms with Gasteiger partial charge in [-0.15, -0.1) is 0 Å². The maximum absolute atomic E-state index is 13.2. The van der Waals surface area contributed by atoms with Crippen molar-refractivity contribution < 1.29 is 9.18 Å². The number of nitriles is 1. The summed E-state index contributed by atoms with van der Waals surface area (Å²) in [7, 11) is 0. The van der Waals surface area contributed by atoms with E-state index in [1.807, 2.05) is 13.0 Å². The van der Waals surface area contributed by atoms with Crippen molar-refractivity contribution in [1.82, 2.24) is 0 Å². The standard InChI is InChI=1S/C16H11ClFNO/c1-10-5-6-13(15(17)7-10)16(20)14(9-19)11-3-2-4-12(18)8-11/h2-8,14H,1H3. The van der Waals surface area contributed by atoms with Crippen LogP contribution < -0.4 is 0 Å². The minimum atomic E-state index is -1.06. The average molecular weight is 288 g/mol. The molecule has 0 aliphatic rings. The van der Waals surface area contributed by atoms with E-state index in [9.17, 15) is 14.4 Å². The van der Waals surface area contributed by atoms with Crippen LogP contribution in [0.4, 0.5) is 4.39 Å². The fourth-order valence-corrected chi connectivity index (χ4v) is 2.27. The molecule has 1 atom stereocenters. The number of ketones is 1. The molecule has 0 bridgehead atoms. The van der Waals surface area contributed by atoms with Gasteiger partial charge in [-0.3, -0.25) is 4.79 Å². The van der Waals surface area contributed by atoms with E-state index in [0.717, 1.165) is 5.56 Å². The second kappa shape index (κ2) is 5.85. The fourth-order valence-electron chi connectivity index (χ4n) is 1.95. The molecule has 0 saturated carbocycles. The number of benzene rings is 2. The lowest BCUT2D eigenvalue weighted by Gasteiger charge is -2.10. The zero-order valence-electron chi connectivity index (χ0n) is 10.7. The predicted molar refractivity (Wildman–Crippen MR) is 75.3 cm³/mol. The van der Waals surface area contributed by atoms with E-state index in [-0.39, 0.29) is 5.56 Å². The highest BCUT2D eigenvalue weighted by atomic mass is 35.5. The topological polar surface area (TPSA) is 40.9 Å². The fraction of sp³-hybridized carbons (Fsp3) is 0.125. The molecule has 0 fully saturated rings. The molecule has 0 heterocycles. The lowest BCUT2D eigenvalue weighted by atomic mass is 9.91. The Bertz CT molecular complexity index is 706. The Morgan fingerprint density at radius 3 is 2.65 bits per heavy atom. The Kier molecular flexibility index (Phi) is 4.16. The molecule has 0 aliphatic carbocycles. The molecule has 0 aliphatic heterocycles. The molecule has 20 heavy (non-hydrogen) atoms. The Balaban J connectivity index is 2.42. The Morgan fingerprint density at radius 2 is 2.05 bits per heavy atom. The molecule has 2 nitrogen and oxygen atoms in total. The summed E-state index contributed by atoms with van der Waals surface area (Å²) in [5.74, 6) is -1.97. The molecule has 2 aromatic rings. The minimum absolute atomic E-state index is 0.271. The lowest BCUT2D eigenvalue weighted by Crippen LogP contribution is -2.12. The third-order valence-corrected chi connectivity index (χ3v) is 3.28. The zero-order valence-corrected chi connectivity index (χ0v) is 11.5. The van der Waals surface area contributed by atoms with Gasteiger partial charge in [0.05, 0.1) is 11.1 Å². The summed E-state index contributed by atoms with van der Waals surface area (Å²) in [4.78, 5) is 12.4. The third kappa shape index (κ3) is 2.87. The molecule has 0 saturated heterocycles. The molecule has 1 unspecified atom stereocenters. The van der Waals surface area contributed by atoms with Crippen LogP contribution in [0.15, 0.2) is 42.5 Å². The number of aryl methyl sites for hydroxylation is 1. The Morgan fingerprint density at radius 1 is 1.30 bits per heavy atom. The minimum Gasteiger partial charge on any atom is -0.292 e. The maximum Gasteiger partial charge on any atom is 0.185 e. The Hall–Kier alpha value is -2.18. The van der Waals surface area contributed by atoms with Gasteiger partial charge in [0.15, 0.2) is 5.78 Å². The van der Waals surface area contributed by atoms with Gasteiger partial charge in [-0.25, -0.2) is 4.39 Å². The highest BCUT2D eigenvalue weighted by Crippen LogP contribution is 2.26. The molecular weight excluding hydrogens is 277 g/mol. The van der Waals surface area contributed by atoms with Crippen LogP contribution in [0.1, 0.15) is 27.4 Å². The van der Waals surface area contributed by atoms with Crippen LogP contribution >= 0.6 is 11.6 Å². The van der Waals surface area contributed by atoms with Gasteiger partial charge in [0.2, 0.25) is 0 Å². The number of nitrogens with zero attached hydrogens (tertiary/aromatic N) is 1. The van der Waals surface area contributed by atoms with Crippen molar-refractivity contribution in [3.63, 3.8) is 0 Å². The van der Waals surface area contributed by atoms with Crippen LogP contribution in [0.2, 0.25) is 5.02 Å². The van der Waals surface area contributed by atoms with E-state index in [0.29, 0.717) is 10.6 Å². The maximum atomic E-state index is 13.2. The van der Waals surface area contributed by atoms with Crippen LogP contribution in [0.3, 0.4) is 0 Å². The SMILES string of the molecule is Cc1ccc(C(=O)C(C#N)c2cccc(F)c2)c(Cl)c1. The van der Waals surface area contributed by atoms with E-state index >= 15 is 0 Å². The third-order valence-electron chi connectivity index (χ3n) is 2.96. The monoisotopic (exact) mass is 287 g/mol. The number of carbonyl (C=O) groups is 1. The van der Waals surface area contributed by atoms with Crippen molar-refractivity contribution in [1.29, 1.82) is 5.26 Å². The van der Waals surface area contributed by atoms with Crippen LogP contribution in [-0.2, 0) is 0 Å². The molecule has 0 spiro atoms. The summed E-state index contributed by atoms with van der Waals surface area (Å²) in [5.41, 5.74) is 1.52. The number of hydrogen-bond acceptors (Lipinski definition) is 2. The van der Waals surface area contributed by atoms with Crippen LogP contribution in [0, 0.1) is 24.1 Å². The summed E-state index contributed by atoms with van der Waals surface area (Å²) in [6, 6.07) is 12.4.